The molecule has 6 nitrogen and oxygen atoms in total. The summed E-state index contributed by atoms with van der Waals surface area (Å²) in [6, 6.07) is 13.3. The number of carbonyl (C=O) groups excluding carboxylic acids is 1. The molecule has 0 spiro atoms. The standard InChI is InChI=1S/C20H26N2O4S/c1-5-15-10-12-16(13-11-15)21-20(23)19(6-2)22(27(4,24)25)17-8-7-9-18(14-17)26-3/h7-14,19H,5-6H2,1-4H3,(H,21,23). The van der Waals surface area contributed by atoms with Crippen LogP contribution in [0.5, 0.6) is 5.75 Å². The lowest BCUT2D eigenvalue weighted by Gasteiger charge is -2.30. The third kappa shape index (κ3) is 5.23. The summed E-state index contributed by atoms with van der Waals surface area (Å²) in [5, 5.41) is 2.82. The van der Waals surface area contributed by atoms with Gasteiger partial charge in [0.2, 0.25) is 15.9 Å². The van der Waals surface area contributed by atoms with Crippen molar-refractivity contribution < 1.29 is 17.9 Å². The van der Waals surface area contributed by atoms with Gasteiger partial charge in [-0.1, -0.05) is 32.0 Å². The van der Waals surface area contributed by atoms with Gasteiger partial charge in [-0.15, -0.1) is 0 Å². The molecule has 1 atom stereocenters. The summed E-state index contributed by atoms with van der Waals surface area (Å²) in [6.45, 7) is 3.83. The van der Waals surface area contributed by atoms with Gasteiger partial charge in [-0.2, -0.15) is 0 Å². The fourth-order valence-corrected chi connectivity index (χ4v) is 4.06. The predicted molar refractivity (Wildman–Crippen MR) is 109 cm³/mol. The van der Waals surface area contributed by atoms with Gasteiger partial charge in [0.1, 0.15) is 11.8 Å². The maximum Gasteiger partial charge on any atom is 0.248 e. The van der Waals surface area contributed by atoms with Crippen molar-refractivity contribution in [1.82, 2.24) is 0 Å². The second kappa shape index (κ2) is 8.90. The molecule has 0 bridgehead atoms. The summed E-state index contributed by atoms with van der Waals surface area (Å²) in [5.41, 5.74) is 2.18. The topological polar surface area (TPSA) is 75.7 Å². The molecule has 0 aromatic heterocycles. The lowest BCUT2D eigenvalue weighted by atomic mass is 10.1. The average molecular weight is 391 g/mol. The molecule has 0 radical (unpaired) electrons. The van der Waals surface area contributed by atoms with E-state index in [0.29, 0.717) is 23.5 Å². The van der Waals surface area contributed by atoms with E-state index in [4.69, 9.17) is 4.74 Å². The number of methoxy groups -OCH3 is 1. The van der Waals surface area contributed by atoms with Crippen molar-refractivity contribution in [1.29, 1.82) is 0 Å². The Morgan fingerprint density at radius 1 is 1.15 bits per heavy atom. The van der Waals surface area contributed by atoms with E-state index in [1.165, 1.54) is 7.11 Å². The zero-order valence-electron chi connectivity index (χ0n) is 16.1. The van der Waals surface area contributed by atoms with Crippen molar-refractivity contribution in [2.45, 2.75) is 32.7 Å². The molecule has 0 saturated carbocycles. The number of amides is 1. The van der Waals surface area contributed by atoms with Gasteiger partial charge in [-0.3, -0.25) is 9.10 Å². The number of carbonyl (C=O) groups is 1. The van der Waals surface area contributed by atoms with Crippen LogP contribution in [0.15, 0.2) is 48.5 Å². The van der Waals surface area contributed by atoms with Crippen molar-refractivity contribution in [2.24, 2.45) is 0 Å². The first-order valence-corrected chi connectivity index (χ1v) is 10.7. The van der Waals surface area contributed by atoms with Crippen molar-refractivity contribution in [3.63, 3.8) is 0 Å². The number of benzene rings is 2. The second-order valence-corrected chi connectivity index (χ2v) is 8.08. The minimum Gasteiger partial charge on any atom is -0.497 e. The Kier molecular flexibility index (Phi) is 6.85. The van der Waals surface area contributed by atoms with E-state index in [-0.39, 0.29) is 5.91 Å². The van der Waals surface area contributed by atoms with Gasteiger partial charge in [0.15, 0.2) is 0 Å². The summed E-state index contributed by atoms with van der Waals surface area (Å²) in [7, 11) is -2.18. The first kappa shape index (κ1) is 20.8. The van der Waals surface area contributed by atoms with Crippen LogP contribution >= 0.6 is 0 Å². The Bertz CT molecular complexity index is 879. The molecule has 0 aliphatic carbocycles. The lowest BCUT2D eigenvalue weighted by Crippen LogP contribution is -2.47. The van der Waals surface area contributed by atoms with E-state index in [9.17, 15) is 13.2 Å². The number of nitrogens with one attached hydrogen (secondary N) is 1. The first-order valence-electron chi connectivity index (χ1n) is 8.83. The number of nitrogens with zero attached hydrogens (tertiary/aromatic N) is 1. The van der Waals surface area contributed by atoms with Crippen LogP contribution in [0.4, 0.5) is 11.4 Å². The molecular weight excluding hydrogens is 364 g/mol. The number of anilines is 2. The zero-order valence-corrected chi connectivity index (χ0v) is 16.9. The Morgan fingerprint density at radius 2 is 1.81 bits per heavy atom. The van der Waals surface area contributed by atoms with E-state index < -0.39 is 16.1 Å². The molecule has 0 fully saturated rings. The van der Waals surface area contributed by atoms with Crippen molar-refractivity contribution in [3.05, 3.63) is 54.1 Å². The minimum absolute atomic E-state index is 0.323. The summed E-state index contributed by atoms with van der Waals surface area (Å²) < 4.78 is 31.3. The second-order valence-electron chi connectivity index (χ2n) is 6.22. The Balaban J connectivity index is 2.34. The normalized spacial score (nSPS) is 12.3. The van der Waals surface area contributed by atoms with Crippen LogP contribution in [-0.4, -0.2) is 33.7 Å². The van der Waals surface area contributed by atoms with Crippen LogP contribution in [0.3, 0.4) is 0 Å². The number of ether oxygens (including phenoxy) is 1. The molecule has 2 aromatic carbocycles. The van der Waals surface area contributed by atoms with Gasteiger partial charge in [0.05, 0.1) is 19.1 Å². The highest BCUT2D eigenvalue weighted by molar-refractivity contribution is 7.92. The zero-order chi connectivity index (χ0) is 20.0. The van der Waals surface area contributed by atoms with Crippen molar-refractivity contribution in [2.75, 3.05) is 23.0 Å². The molecule has 7 heteroatoms. The molecule has 1 amide bonds. The highest BCUT2D eigenvalue weighted by Gasteiger charge is 2.31. The molecule has 2 rings (SSSR count). The molecule has 146 valence electrons. The fourth-order valence-electron chi connectivity index (χ4n) is 2.86. The third-order valence-electron chi connectivity index (χ3n) is 4.27. The van der Waals surface area contributed by atoms with Crippen molar-refractivity contribution in [3.8, 4) is 5.75 Å². The number of aryl methyl sites for hydroxylation is 1. The summed E-state index contributed by atoms with van der Waals surface area (Å²) in [5.74, 6) is 0.140. The van der Waals surface area contributed by atoms with E-state index in [1.807, 2.05) is 24.3 Å². The fraction of sp³-hybridized carbons (Fsp3) is 0.350. The molecule has 0 heterocycles. The molecule has 2 aromatic rings. The molecule has 0 saturated heterocycles. The van der Waals surface area contributed by atoms with Gasteiger partial charge in [0.25, 0.3) is 0 Å². The van der Waals surface area contributed by atoms with Gasteiger partial charge in [0, 0.05) is 11.8 Å². The summed E-state index contributed by atoms with van der Waals surface area (Å²) in [4.78, 5) is 12.9. The van der Waals surface area contributed by atoms with Gasteiger partial charge in [-0.05, 0) is 42.7 Å². The third-order valence-corrected chi connectivity index (χ3v) is 5.45. The number of rotatable bonds is 8. The molecule has 1 N–H and O–H groups in total. The first-order chi connectivity index (χ1) is 12.8. The quantitative estimate of drug-likeness (QED) is 0.749. The van der Waals surface area contributed by atoms with Crippen LogP contribution in [0.1, 0.15) is 25.8 Å². The monoisotopic (exact) mass is 390 g/mol. The molecular formula is C20H26N2O4S. The van der Waals surface area contributed by atoms with E-state index in [0.717, 1.165) is 22.5 Å². The predicted octanol–water partition coefficient (Wildman–Crippen LogP) is 3.44. The van der Waals surface area contributed by atoms with Crippen LogP contribution < -0.4 is 14.4 Å². The maximum absolute atomic E-state index is 12.9. The number of hydrogen-bond acceptors (Lipinski definition) is 4. The number of hydrogen-bond donors (Lipinski definition) is 1. The van der Waals surface area contributed by atoms with E-state index >= 15 is 0 Å². The SMILES string of the molecule is CCc1ccc(NC(=O)C(CC)N(c2cccc(OC)c2)S(C)(=O)=O)cc1. The van der Waals surface area contributed by atoms with Gasteiger partial charge < -0.3 is 10.1 Å². The van der Waals surface area contributed by atoms with Crippen LogP contribution in [0.2, 0.25) is 0 Å². The van der Waals surface area contributed by atoms with Crippen LogP contribution in [0.25, 0.3) is 0 Å². The highest BCUT2D eigenvalue weighted by Crippen LogP contribution is 2.27. The van der Waals surface area contributed by atoms with E-state index in [1.54, 1.807) is 31.2 Å². The lowest BCUT2D eigenvalue weighted by molar-refractivity contribution is -0.117. The van der Waals surface area contributed by atoms with E-state index in [2.05, 4.69) is 12.2 Å². The Hall–Kier alpha value is -2.54. The maximum atomic E-state index is 12.9. The van der Waals surface area contributed by atoms with Crippen LogP contribution in [0, 0.1) is 0 Å². The molecule has 0 aliphatic heterocycles. The highest BCUT2D eigenvalue weighted by atomic mass is 32.2. The number of sulfonamides is 1. The largest absolute Gasteiger partial charge is 0.497 e. The average Bonchev–Trinajstić information content (AvgIpc) is 2.65. The van der Waals surface area contributed by atoms with Crippen LogP contribution in [-0.2, 0) is 21.2 Å². The smallest absolute Gasteiger partial charge is 0.248 e. The minimum atomic E-state index is -3.69. The van der Waals surface area contributed by atoms with Crippen molar-refractivity contribution >= 4 is 27.3 Å². The van der Waals surface area contributed by atoms with Gasteiger partial charge in [-0.25, -0.2) is 8.42 Å². The van der Waals surface area contributed by atoms with Gasteiger partial charge >= 0.3 is 0 Å². The Labute approximate surface area is 161 Å². The molecule has 0 aliphatic rings. The molecule has 1 unspecified atom stereocenters. The Morgan fingerprint density at radius 3 is 2.33 bits per heavy atom. The summed E-state index contributed by atoms with van der Waals surface area (Å²) >= 11 is 0. The summed E-state index contributed by atoms with van der Waals surface area (Å²) in [6.07, 6.45) is 2.32. The molecule has 27 heavy (non-hydrogen) atoms.